The highest BCUT2D eigenvalue weighted by Crippen LogP contribution is 2.28. The Bertz CT molecular complexity index is 1070. The quantitative estimate of drug-likeness (QED) is 0.612. The molecule has 0 aliphatic heterocycles. The topological polar surface area (TPSA) is 64.0 Å². The van der Waals surface area contributed by atoms with Gasteiger partial charge in [0.05, 0.1) is 15.1 Å². The van der Waals surface area contributed by atoms with Gasteiger partial charge in [0.15, 0.2) is 0 Å². The van der Waals surface area contributed by atoms with Crippen LogP contribution in [-0.4, -0.2) is 15.8 Å². The molecule has 0 aliphatic rings. The van der Waals surface area contributed by atoms with Gasteiger partial charge in [-0.1, -0.05) is 30.3 Å². The molecule has 0 aliphatic carbocycles. The van der Waals surface area contributed by atoms with E-state index in [-0.39, 0.29) is 11.5 Å². The number of fused-ring (bicyclic) bond motifs is 1. The Morgan fingerprint density at radius 2 is 1.71 bits per heavy atom. The standard InChI is InChI=1S/C17H11N3O2S2/c21-16(14-8-4-10-24-14)19-20-17(22)12-6-2-1-5-11(12)15(18-20)13-7-3-9-23-13/h1-10H,(H,19,21). The van der Waals surface area contributed by atoms with Gasteiger partial charge in [0.1, 0.15) is 5.69 Å². The molecule has 4 rings (SSSR count). The maximum Gasteiger partial charge on any atom is 0.294 e. The summed E-state index contributed by atoms with van der Waals surface area (Å²) in [5.41, 5.74) is 2.90. The lowest BCUT2D eigenvalue weighted by molar-refractivity contribution is 0.101. The average Bonchev–Trinajstić information content (AvgIpc) is 3.31. The molecule has 0 unspecified atom stereocenters. The summed E-state index contributed by atoms with van der Waals surface area (Å²) in [4.78, 5) is 27.4. The molecule has 1 amide bonds. The van der Waals surface area contributed by atoms with Gasteiger partial charge in [-0.2, -0.15) is 0 Å². The Morgan fingerprint density at radius 3 is 2.42 bits per heavy atom. The van der Waals surface area contributed by atoms with Crippen molar-refractivity contribution in [3.8, 4) is 10.6 Å². The number of carbonyl (C=O) groups is 1. The van der Waals surface area contributed by atoms with Crippen molar-refractivity contribution in [2.75, 3.05) is 5.43 Å². The first-order valence-corrected chi connectivity index (χ1v) is 8.91. The van der Waals surface area contributed by atoms with Crippen molar-refractivity contribution in [1.29, 1.82) is 0 Å². The van der Waals surface area contributed by atoms with Crippen molar-refractivity contribution in [2.24, 2.45) is 0 Å². The number of thiophene rings is 2. The zero-order valence-electron chi connectivity index (χ0n) is 12.3. The molecule has 0 fully saturated rings. The van der Waals surface area contributed by atoms with Crippen molar-refractivity contribution in [2.45, 2.75) is 0 Å². The SMILES string of the molecule is O=C(Nn1nc(-c2cccs2)c2ccccc2c1=O)c1cccs1. The summed E-state index contributed by atoms with van der Waals surface area (Å²) in [6.07, 6.45) is 0. The molecule has 1 N–H and O–H groups in total. The number of aromatic nitrogens is 2. The minimum atomic E-state index is -0.355. The van der Waals surface area contributed by atoms with Crippen LogP contribution < -0.4 is 11.0 Å². The Morgan fingerprint density at radius 1 is 0.958 bits per heavy atom. The van der Waals surface area contributed by atoms with Crippen LogP contribution in [0.15, 0.2) is 64.1 Å². The zero-order valence-corrected chi connectivity index (χ0v) is 13.9. The van der Waals surface area contributed by atoms with Crippen LogP contribution in [0.5, 0.6) is 0 Å². The average molecular weight is 353 g/mol. The molecule has 1 aromatic carbocycles. The lowest BCUT2D eigenvalue weighted by Crippen LogP contribution is -2.35. The second kappa shape index (κ2) is 6.03. The highest BCUT2D eigenvalue weighted by Gasteiger charge is 2.15. The monoisotopic (exact) mass is 353 g/mol. The van der Waals surface area contributed by atoms with Crippen LogP contribution in [0.3, 0.4) is 0 Å². The molecule has 0 atom stereocenters. The molecule has 0 saturated carbocycles. The molecule has 5 nitrogen and oxygen atoms in total. The van der Waals surface area contributed by atoms with Gasteiger partial charge in [-0.15, -0.1) is 32.6 Å². The highest BCUT2D eigenvalue weighted by atomic mass is 32.1. The summed E-state index contributed by atoms with van der Waals surface area (Å²) >= 11 is 2.84. The summed E-state index contributed by atoms with van der Waals surface area (Å²) < 4.78 is 0. The summed E-state index contributed by atoms with van der Waals surface area (Å²) in [5, 5.41) is 9.42. The summed E-state index contributed by atoms with van der Waals surface area (Å²) in [5.74, 6) is -0.355. The third-order valence-electron chi connectivity index (χ3n) is 3.51. The van der Waals surface area contributed by atoms with Gasteiger partial charge < -0.3 is 0 Å². The summed E-state index contributed by atoms with van der Waals surface area (Å²) in [6, 6.07) is 14.6. The first-order chi connectivity index (χ1) is 11.7. The third kappa shape index (κ3) is 2.53. The van der Waals surface area contributed by atoms with Crippen molar-refractivity contribution in [3.05, 3.63) is 74.5 Å². The van der Waals surface area contributed by atoms with E-state index in [1.165, 1.54) is 22.7 Å². The molecule has 118 valence electrons. The highest BCUT2D eigenvalue weighted by molar-refractivity contribution is 7.13. The second-order valence-electron chi connectivity index (χ2n) is 5.01. The predicted octanol–water partition coefficient (Wildman–Crippen LogP) is 3.57. The van der Waals surface area contributed by atoms with E-state index in [1.54, 1.807) is 24.3 Å². The normalized spacial score (nSPS) is 10.8. The minimum Gasteiger partial charge on any atom is -0.266 e. The lowest BCUT2D eigenvalue weighted by Gasteiger charge is -2.10. The zero-order chi connectivity index (χ0) is 16.5. The van der Waals surface area contributed by atoms with Crippen LogP contribution in [0.4, 0.5) is 0 Å². The second-order valence-corrected chi connectivity index (χ2v) is 6.90. The molecular formula is C17H11N3O2S2. The predicted molar refractivity (Wildman–Crippen MR) is 97.3 cm³/mol. The minimum absolute atomic E-state index is 0.351. The van der Waals surface area contributed by atoms with Crippen LogP contribution in [0.2, 0.25) is 0 Å². The maximum atomic E-state index is 12.6. The van der Waals surface area contributed by atoms with E-state index in [9.17, 15) is 9.59 Å². The Kier molecular flexibility index (Phi) is 3.72. The molecule has 4 aromatic rings. The largest absolute Gasteiger partial charge is 0.294 e. The molecule has 0 bridgehead atoms. The van der Waals surface area contributed by atoms with Crippen LogP contribution in [0.25, 0.3) is 21.3 Å². The van der Waals surface area contributed by atoms with Crippen LogP contribution in [0.1, 0.15) is 9.67 Å². The van der Waals surface area contributed by atoms with Gasteiger partial charge in [-0.25, -0.2) is 5.43 Å². The number of rotatable bonds is 3. The smallest absolute Gasteiger partial charge is 0.266 e. The molecule has 3 aromatic heterocycles. The van der Waals surface area contributed by atoms with E-state index in [0.717, 1.165) is 15.1 Å². The molecule has 7 heteroatoms. The van der Waals surface area contributed by atoms with E-state index in [1.807, 2.05) is 35.0 Å². The molecule has 0 radical (unpaired) electrons. The van der Waals surface area contributed by atoms with Crippen LogP contribution >= 0.6 is 22.7 Å². The third-order valence-corrected chi connectivity index (χ3v) is 5.26. The number of amides is 1. The van der Waals surface area contributed by atoms with E-state index in [2.05, 4.69) is 10.5 Å². The van der Waals surface area contributed by atoms with Crippen molar-refractivity contribution in [1.82, 2.24) is 9.89 Å². The summed E-state index contributed by atoms with van der Waals surface area (Å²) in [7, 11) is 0. The van der Waals surface area contributed by atoms with Crippen molar-refractivity contribution < 1.29 is 4.79 Å². The van der Waals surface area contributed by atoms with E-state index in [4.69, 9.17) is 0 Å². The fourth-order valence-electron chi connectivity index (χ4n) is 2.42. The number of benzene rings is 1. The Labute approximate surface area is 144 Å². The number of hydrogen-bond acceptors (Lipinski definition) is 5. The number of nitrogens with one attached hydrogen (secondary N) is 1. The first kappa shape index (κ1) is 14.8. The van der Waals surface area contributed by atoms with Gasteiger partial charge >= 0.3 is 0 Å². The molecule has 24 heavy (non-hydrogen) atoms. The van der Waals surface area contributed by atoms with Crippen molar-refractivity contribution >= 4 is 39.4 Å². The first-order valence-electron chi connectivity index (χ1n) is 7.15. The van der Waals surface area contributed by atoms with Crippen LogP contribution in [-0.2, 0) is 0 Å². The molecular weight excluding hydrogens is 342 g/mol. The summed E-state index contributed by atoms with van der Waals surface area (Å²) in [6.45, 7) is 0. The van der Waals surface area contributed by atoms with Gasteiger partial charge in [0.25, 0.3) is 11.5 Å². The Hall–Kier alpha value is -2.77. The molecule has 0 saturated heterocycles. The van der Waals surface area contributed by atoms with E-state index in [0.29, 0.717) is 16.0 Å². The Balaban J connectivity index is 1.88. The molecule has 0 spiro atoms. The number of carbonyl (C=O) groups excluding carboxylic acids is 1. The van der Waals surface area contributed by atoms with Gasteiger partial charge in [-0.3, -0.25) is 9.59 Å². The van der Waals surface area contributed by atoms with Gasteiger partial charge in [0.2, 0.25) is 0 Å². The van der Waals surface area contributed by atoms with Gasteiger partial charge in [0, 0.05) is 5.39 Å². The maximum absolute atomic E-state index is 12.6. The fraction of sp³-hybridized carbons (Fsp3) is 0. The van der Waals surface area contributed by atoms with Gasteiger partial charge in [-0.05, 0) is 29.0 Å². The number of hydrogen-bond donors (Lipinski definition) is 1. The number of nitrogens with zero attached hydrogens (tertiary/aromatic N) is 2. The van der Waals surface area contributed by atoms with Crippen LogP contribution in [0, 0.1) is 0 Å². The van der Waals surface area contributed by atoms with E-state index < -0.39 is 0 Å². The van der Waals surface area contributed by atoms with E-state index >= 15 is 0 Å². The molecule has 3 heterocycles. The van der Waals surface area contributed by atoms with Crippen molar-refractivity contribution in [3.63, 3.8) is 0 Å². The fourth-order valence-corrected chi connectivity index (χ4v) is 3.76. The lowest BCUT2D eigenvalue weighted by atomic mass is 10.1.